The van der Waals surface area contributed by atoms with Crippen molar-refractivity contribution in [1.29, 1.82) is 0 Å². The SMILES string of the molecule is CC(C)C(=O)CN1CCSC(C)(C)CC1. The number of hydrogen-bond donors (Lipinski definition) is 0. The van der Waals surface area contributed by atoms with Crippen LogP contribution in [0.3, 0.4) is 0 Å². The van der Waals surface area contributed by atoms with Crippen molar-refractivity contribution in [1.82, 2.24) is 4.90 Å². The average molecular weight is 229 g/mol. The monoisotopic (exact) mass is 229 g/mol. The summed E-state index contributed by atoms with van der Waals surface area (Å²) < 4.78 is 0.385. The number of carbonyl (C=O) groups excluding carboxylic acids is 1. The predicted molar refractivity (Wildman–Crippen MR) is 67.4 cm³/mol. The number of hydrogen-bond acceptors (Lipinski definition) is 3. The number of ketones is 1. The van der Waals surface area contributed by atoms with E-state index < -0.39 is 0 Å². The third kappa shape index (κ3) is 4.56. The molecule has 0 saturated carbocycles. The molecule has 0 aromatic rings. The fourth-order valence-corrected chi connectivity index (χ4v) is 2.76. The van der Waals surface area contributed by atoms with Crippen molar-refractivity contribution >= 4 is 17.5 Å². The van der Waals surface area contributed by atoms with E-state index in [0.29, 0.717) is 17.1 Å². The van der Waals surface area contributed by atoms with Crippen LogP contribution in [0.25, 0.3) is 0 Å². The van der Waals surface area contributed by atoms with Gasteiger partial charge in [-0.2, -0.15) is 11.8 Å². The van der Waals surface area contributed by atoms with Gasteiger partial charge < -0.3 is 0 Å². The minimum Gasteiger partial charge on any atom is -0.298 e. The van der Waals surface area contributed by atoms with Gasteiger partial charge in [0.25, 0.3) is 0 Å². The van der Waals surface area contributed by atoms with Gasteiger partial charge in [0, 0.05) is 23.0 Å². The molecule has 2 nitrogen and oxygen atoms in total. The van der Waals surface area contributed by atoms with Crippen molar-refractivity contribution in [3.05, 3.63) is 0 Å². The Balaban J connectivity index is 2.41. The van der Waals surface area contributed by atoms with Crippen LogP contribution in [0.4, 0.5) is 0 Å². The highest BCUT2D eigenvalue weighted by atomic mass is 32.2. The summed E-state index contributed by atoms with van der Waals surface area (Å²) in [5.41, 5.74) is 0. The zero-order valence-corrected chi connectivity index (χ0v) is 11.2. The van der Waals surface area contributed by atoms with Gasteiger partial charge in [0.2, 0.25) is 0 Å². The summed E-state index contributed by atoms with van der Waals surface area (Å²) in [5, 5.41) is 0. The fraction of sp³-hybridized carbons (Fsp3) is 0.917. The molecule has 1 rings (SSSR count). The van der Waals surface area contributed by atoms with E-state index in [1.807, 2.05) is 25.6 Å². The molecule has 0 spiro atoms. The summed E-state index contributed by atoms with van der Waals surface area (Å²) in [6.45, 7) is 11.3. The van der Waals surface area contributed by atoms with Gasteiger partial charge in [-0.15, -0.1) is 0 Å². The molecule has 1 heterocycles. The smallest absolute Gasteiger partial charge is 0.149 e. The highest BCUT2D eigenvalue weighted by molar-refractivity contribution is 8.00. The first-order valence-corrected chi connectivity index (χ1v) is 6.78. The third-order valence-corrected chi connectivity index (χ3v) is 4.33. The number of nitrogens with zero attached hydrogens (tertiary/aromatic N) is 1. The Hall–Kier alpha value is -0.0200. The van der Waals surface area contributed by atoms with Crippen molar-refractivity contribution < 1.29 is 4.79 Å². The highest BCUT2D eigenvalue weighted by Gasteiger charge is 2.24. The van der Waals surface area contributed by atoms with Gasteiger partial charge in [0.1, 0.15) is 5.78 Å². The molecule has 0 unspecified atom stereocenters. The Labute approximate surface area is 97.8 Å². The van der Waals surface area contributed by atoms with Crippen LogP contribution in [0.2, 0.25) is 0 Å². The van der Waals surface area contributed by atoms with Crippen molar-refractivity contribution in [3.63, 3.8) is 0 Å². The summed E-state index contributed by atoms with van der Waals surface area (Å²) in [4.78, 5) is 13.9. The summed E-state index contributed by atoms with van der Waals surface area (Å²) in [6.07, 6.45) is 1.18. The molecule has 0 bridgehead atoms. The molecule has 1 aliphatic heterocycles. The molecule has 0 amide bonds. The van der Waals surface area contributed by atoms with Gasteiger partial charge in [-0.25, -0.2) is 0 Å². The number of Topliss-reactive ketones (excluding diaryl/α,β-unsaturated/α-hetero) is 1. The lowest BCUT2D eigenvalue weighted by Gasteiger charge is -2.22. The molecule has 0 N–H and O–H groups in total. The molecular weight excluding hydrogens is 206 g/mol. The predicted octanol–water partition coefficient (Wildman–Crippen LogP) is 2.43. The maximum Gasteiger partial charge on any atom is 0.149 e. The Kier molecular flexibility index (Phi) is 4.65. The summed E-state index contributed by atoms with van der Waals surface area (Å²) in [6, 6.07) is 0. The molecule has 0 atom stereocenters. The molecule has 88 valence electrons. The van der Waals surface area contributed by atoms with E-state index in [1.54, 1.807) is 0 Å². The first-order valence-electron chi connectivity index (χ1n) is 5.80. The van der Waals surface area contributed by atoms with Gasteiger partial charge in [0.15, 0.2) is 0 Å². The normalized spacial score (nSPS) is 22.7. The zero-order chi connectivity index (χ0) is 11.5. The Bertz CT molecular complexity index is 226. The van der Waals surface area contributed by atoms with Crippen molar-refractivity contribution in [2.45, 2.75) is 38.9 Å². The van der Waals surface area contributed by atoms with Crippen LogP contribution < -0.4 is 0 Å². The van der Waals surface area contributed by atoms with Crippen LogP contribution in [0.5, 0.6) is 0 Å². The van der Waals surface area contributed by atoms with E-state index in [4.69, 9.17) is 0 Å². The Morgan fingerprint density at radius 3 is 2.67 bits per heavy atom. The van der Waals surface area contributed by atoms with Crippen LogP contribution >= 0.6 is 11.8 Å². The van der Waals surface area contributed by atoms with E-state index in [0.717, 1.165) is 18.8 Å². The number of thioether (sulfide) groups is 1. The number of carbonyl (C=O) groups is 1. The van der Waals surface area contributed by atoms with Gasteiger partial charge in [-0.05, 0) is 13.0 Å². The quantitative estimate of drug-likeness (QED) is 0.741. The molecule has 0 aliphatic carbocycles. The second-order valence-electron chi connectivity index (χ2n) is 5.26. The molecule has 15 heavy (non-hydrogen) atoms. The van der Waals surface area contributed by atoms with Crippen LogP contribution in [0.15, 0.2) is 0 Å². The van der Waals surface area contributed by atoms with E-state index >= 15 is 0 Å². The lowest BCUT2D eigenvalue weighted by atomic mass is 10.1. The zero-order valence-electron chi connectivity index (χ0n) is 10.4. The first kappa shape index (κ1) is 13.0. The Morgan fingerprint density at radius 2 is 2.07 bits per heavy atom. The molecular formula is C12H23NOS. The van der Waals surface area contributed by atoms with Crippen LogP contribution in [-0.4, -0.2) is 40.8 Å². The largest absolute Gasteiger partial charge is 0.298 e. The van der Waals surface area contributed by atoms with Crippen LogP contribution in [0, 0.1) is 5.92 Å². The topological polar surface area (TPSA) is 20.3 Å². The standard InChI is InChI=1S/C12H23NOS/c1-10(2)11(14)9-13-6-5-12(3,4)15-8-7-13/h10H,5-9H2,1-4H3. The van der Waals surface area contributed by atoms with E-state index in [2.05, 4.69) is 18.7 Å². The maximum absolute atomic E-state index is 11.6. The maximum atomic E-state index is 11.6. The molecule has 0 aromatic carbocycles. The Morgan fingerprint density at radius 1 is 1.40 bits per heavy atom. The minimum absolute atomic E-state index is 0.175. The molecule has 3 heteroatoms. The first-order chi connectivity index (χ1) is 6.91. The molecule has 1 fully saturated rings. The fourth-order valence-electron chi connectivity index (χ4n) is 1.62. The second-order valence-corrected chi connectivity index (χ2v) is 7.06. The average Bonchev–Trinajstić information content (AvgIpc) is 2.28. The second kappa shape index (κ2) is 5.35. The van der Waals surface area contributed by atoms with Gasteiger partial charge in [-0.3, -0.25) is 9.69 Å². The van der Waals surface area contributed by atoms with Crippen LogP contribution in [-0.2, 0) is 4.79 Å². The minimum atomic E-state index is 0.175. The lowest BCUT2D eigenvalue weighted by molar-refractivity contribution is -0.123. The summed E-state index contributed by atoms with van der Waals surface area (Å²) in [5.74, 6) is 1.70. The van der Waals surface area contributed by atoms with Gasteiger partial charge >= 0.3 is 0 Å². The van der Waals surface area contributed by atoms with E-state index in [9.17, 15) is 4.79 Å². The van der Waals surface area contributed by atoms with Crippen molar-refractivity contribution in [2.24, 2.45) is 5.92 Å². The van der Waals surface area contributed by atoms with E-state index in [1.165, 1.54) is 6.42 Å². The molecule has 1 aliphatic rings. The lowest BCUT2D eigenvalue weighted by Crippen LogP contribution is -2.34. The van der Waals surface area contributed by atoms with Gasteiger partial charge in [0.05, 0.1) is 6.54 Å². The number of rotatable bonds is 3. The molecule has 1 saturated heterocycles. The van der Waals surface area contributed by atoms with Crippen molar-refractivity contribution in [2.75, 3.05) is 25.4 Å². The summed E-state index contributed by atoms with van der Waals surface area (Å²) >= 11 is 2.03. The molecule has 0 radical (unpaired) electrons. The van der Waals surface area contributed by atoms with E-state index in [-0.39, 0.29) is 5.92 Å². The van der Waals surface area contributed by atoms with Gasteiger partial charge in [-0.1, -0.05) is 27.7 Å². The highest BCUT2D eigenvalue weighted by Crippen LogP contribution is 2.30. The summed E-state index contributed by atoms with van der Waals surface area (Å²) in [7, 11) is 0. The third-order valence-electron chi connectivity index (χ3n) is 2.95. The van der Waals surface area contributed by atoms with Crippen molar-refractivity contribution in [3.8, 4) is 0 Å². The van der Waals surface area contributed by atoms with Crippen LogP contribution in [0.1, 0.15) is 34.1 Å². The molecule has 0 aromatic heterocycles.